The molecule has 1 aromatic rings. The number of benzene rings is 1. The zero-order valence-electron chi connectivity index (χ0n) is 13.8. The van der Waals surface area contributed by atoms with Crippen LogP contribution in [0.2, 0.25) is 0 Å². The normalized spacial score (nSPS) is 18.6. The summed E-state index contributed by atoms with van der Waals surface area (Å²) in [4.78, 5) is 14.0. The van der Waals surface area contributed by atoms with Crippen LogP contribution in [0.3, 0.4) is 0 Å². The Balaban J connectivity index is 2.40. The lowest BCUT2D eigenvalue weighted by molar-refractivity contribution is -0.137. The van der Waals surface area contributed by atoms with Gasteiger partial charge in [-0.3, -0.25) is 4.90 Å². The first kappa shape index (κ1) is 17.6. The molecule has 1 aliphatic rings. The smallest absolute Gasteiger partial charge is 0.416 e. The highest BCUT2D eigenvalue weighted by atomic mass is 19.4. The molecule has 23 heavy (non-hydrogen) atoms. The standard InChI is InChI=1S/C17H22F3NO2/c1-5-13-8-6-11-10-12(17(18,19)20)7-9-14(11)21(13)15(22)23-16(2,3)4/h7,9-10,13H,5-6,8H2,1-4H3. The SMILES string of the molecule is CCC1CCc2cc(C(F)(F)F)ccc2N1C(=O)OC(C)(C)C. The Kier molecular flexibility index (Phi) is 4.64. The molecule has 0 radical (unpaired) electrons. The maximum absolute atomic E-state index is 12.9. The lowest BCUT2D eigenvalue weighted by Crippen LogP contribution is -2.46. The fourth-order valence-corrected chi connectivity index (χ4v) is 2.79. The second-order valence-electron chi connectivity index (χ2n) is 6.79. The molecule has 0 aromatic heterocycles. The van der Waals surface area contributed by atoms with E-state index in [1.54, 1.807) is 20.8 Å². The van der Waals surface area contributed by atoms with Crippen molar-refractivity contribution in [3.05, 3.63) is 29.3 Å². The van der Waals surface area contributed by atoms with Crippen LogP contribution in [0, 0.1) is 0 Å². The summed E-state index contributed by atoms with van der Waals surface area (Å²) >= 11 is 0. The number of fused-ring (bicyclic) bond motifs is 1. The van der Waals surface area contributed by atoms with Crippen molar-refractivity contribution in [1.29, 1.82) is 0 Å². The number of carbonyl (C=O) groups is 1. The van der Waals surface area contributed by atoms with E-state index in [1.165, 1.54) is 11.0 Å². The molecule has 1 unspecified atom stereocenters. The zero-order chi connectivity index (χ0) is 17.4. The highest BCUT2D eigenvalue weighted by molar-refractivity contribution is 5.90. The molecular formula is C17H22F3NO2. The van der Waals surface area contributed by atoms with Crippen LogP contribution in [0.4, 0.5) is 23.7 Å². The number of hydrogen-bond donors (Lipinski definition) is 0. The fraction of sp³-hybridized carbons (Fsp3) is 0.588. The van der Waals surface area contributed by atoms with Crippen molar-refractivity contribution in [2.45, 2.75) is 64.8 Å². The van der Waals surface area contributed by atoms with Gasteiger partial charge in [0.1, 0.15) is 5.60 Å². The predicted molar refractivity (Wildman–Crippen MR) is 82.6 cm³/mol. The molecule has 0 N–H and O–H groups in total. The van der Waals surface area contributed by atoms with Crippen LogP contribution in [0.15, 0.2) is 18.2 Å². The molecule has 0 bridgehead atoms. The number of carbonyl (C=O) groups excluding carboxylic acids is 1. The number of ether oxygens (including phenoxy) is 1. The summed E-state index contributed by atoms with van der Waals surface area (Å²) < 4.78 is 44.0. The van der Waals surface area contributed by atoms with Crippen LogP contribution in [0.1, 0.15) is 51.7 Å². The summed E-state index contributed by atoms with van der Waals surface area (Å²) in [6.45, 7) is 7.26. The zero-order valence-corrected chi connectivity index (χ0v) is 13.8. The van der Waals surface area contributed by atoms with E-state index in [9.17, 15) is 18.0 Å². The van der Waals surface area contributed by atoms with Crippen LogP contribution in [-0.4, -0.2) is 17.7 Å². The van der Waals surface area contributed by atoms with Crippen LogP contribution >= 0.6 is 0 Å². The van der Waals surface area contributed by atoms with E-state index in [2.05, 4.69) is 0 Å². The Hall–Kier alpha value is -1.72. The van der Waals surface area contributed by atoms with E-state index in [4.69, 9.17) is 4.74 Å². The number of halogens is 3. The molecule has 1 aliphatic heterocycles. The third kappa shape index (κ3) is 3.98. The monoisotopic (exact) mass is 329 g/mol. The van der Waals surface area contributed by atoms with Crippen molar-refractivity contribution in [2.24, 2.45) is 0 Å². The van der Waals surface area contributed by atoms with Crippen molar-refractivity contribution >= 4 is 11.8 Å². The number of anilines is 1. The van der Waals surface area contributed by atoms with E-state index in [-0.39, 0.29) is 6.04 Å². The summed E-state index contributed by atoms with van der Waals surface area (Å²) in [6, 6.07) is 3.48. The number of nitrogens with zero attached hydrogens (tertiary/aromatic N) is 1. The fourth-order valence-electron chi connectivity index (χ4n) is 2.79. The van der Waals surface area contributed by atoms with Gasteiger partial charge in [0.25, 0.3) is 0 Å². The van der Waals surface area contributed by atoms with Gasteiger partial charge in [0, 0.05) is 6.04 Å². The predicted octanol–water partition coefficient (Wildman–Crippen LogP) is 5.17. The van der Waals surface area contributed by atoms with Crippen molar-refractivity contribution in [1.82, 2.24) is 0 Å². The van der Waals surface area contributed by atoms with Gasteiger partial charge in [0.2, 0.25) is 0 Å². The Bertz CT molecular complexity index is 590. The molecule has 1 aromatic carbocycles. The number of alkyl halides is 3. The highest BCUT2D eigenvalue weighted by Gasteiger charge is 2.36. The molecule has 1 amide bonds. The first-order valence-electron chi connectivity index (χ1n) is 7.75. The van der Waals surface area contributed by atoms with E-state index in [1.807, 2.05) is 6.92 Å². The summed E-state index contributed by atoms with van der Waals surface area (Å²) in [5.41, 5.74) is -0.283. The molecule has 128 valence electrons. The van der Waals surface area contributed by atoms with Crippen LogP contribution < -0.4 is 4.90 Å². The van der Waals surface area contributed by atoms with Crippen molar-refractivity contribution < 1.29 is 22.7 Å². The lowest BCUT2D eigenvalue weighted by Gasteiger charge is -2.38. The van der Waals surface area contributed by atoms with Gasteiger partial charge in [-0.25, -0.2) is 4.79 Å². The third-order valence-electron chi connectivity index (χ3n) is 3.84. The quantitative estimate of drug-likeness (QED) is 0.711. The van der Waals surface area contributed by atoms with Crippen LogP contribution in [-0.2, 0) is 17.3 Å². The van der Waals surface area contributed by atoms with E-state index < -0.39 is 23.4 Å². The van der Waals surface area contributed by atoms with E-state index in [0.717, 1.165) is 18.6 Å². The Morgan fingerprint density at radius 2 is 1.96 bits per heavy atom. The first-order chi connectivity index (χ1) is 10.5. The van der Waals surface area contributed by atoms with Crippen LogP contribution in [0.5, 0.6) is 0 Å². The average molecular weight is 329 g/mol. The van der Waals surface area contributed by atoms with E-state index >= 15 is 0 Å². The largest absolute Gasteiger partial charge is 0.443 e. The van der Waals surface area contributed by atoms with Gasteiger partial charge in [0.15, 0.2) is 0 Å². The summed E-state index contributed by atoms with van der Waals surface area (Å²) in [6.07, 6.45) is -3.01. The average Bonchev–Trinajstić information content (AvgIpc) is 2.42. The molecule has 1 heterocycles. The van der Waals surface area contributed by atoms with Gasteiger partial charge in [-0.2, -0.15) is 13.2 Å². The molecule has 6 heteroatoms. The van der Waals surface area contributed by atoms with Gasteiger partial charge < -0.3 is 4.74 Å². The van der Waals surface area contributed by atoms with Crippen molar-refractivity contribution in [2.75, 3.05) is 4.90 Å². The topological polar surface area (TPSA) is 29.5 Å². The van der Waals surface area contributed by atoms with Crippen molar-refractivity contribution in [3.8, 4) is 0 Å². The van der Waals surface area contributed by atoms with Gasteiger partial charge in [0.05, 0.1) is 11.3 Å². The minimum absolute atomic E-state index is 0.0610. The summed E-state index contributed by atoms with van der Waals surface area (Å²) in [5, 5.41) is 0. The molecule has 0 saturated heterocycles. The van der Waals surface area contributed by atoms with Crippen molar-refractivity contribution in [3.63, 3.8) is 0 Å². The lowest BCUT2D eigenvalue weighted by atomic mass is 9.93. The Morgan fingerprint density at radius 3 is 2.48 bits per heavy atom. The molecule has 0 saturated carbocycles. The molecule has 1 atom stereocenters. The van der Waals surface area contributed by atoms with Gasteiger partial charge in [-0.15, -0.1) is 0 Å². The molecule has 0 aliphatic carbocycles. The molecule has 0 fully saturated rings. The summed E-state index contributed by atoms with van der Waals surface area (Å²) in [5.74, 6) is 0. The Morgan fingerprint density at radius 1 is 1.30 bits per heavy atom. The van der Waals surface area contributed by atoms with E-state index in [0.29, 0.717) is 24.1 Å². The molecule has 0 spiro atoms. The summed E-state index contributed by atoms with van der Waals surface area (Å²) in [7, 11) is 0. The first-order valence-corrected chi connectivity index (χ1v) is 7.75. The second-order valence-corrected chi connectivity index (χ2v) is 6.79. The molecule has 3 nitrogen and oxygen atoms in total. The number of rotatable bonds is 1. The minimum atomic E-state index is -4.38. The third-order valence-corrected chi connectivity index (χ3v) is 3.84. The van der Waals surface area contributed by atoms with Gasteiger partial charge >= 0.3 is 12.3 Å². The second kappa shape index (κ2) is 6.06. The van der Waals surface area contributed by atoms with Gasteiger partial charge in [-0.1, -0.05) is 6.92 Å². The molecular weight excluding hydrogens is 307 g/mol. The number of amides is 1. The number of aryl methyl sites for hydroxylation is 1. The minimum Gasteiger partial charge on any atom is -0.443 e. The number of hydrogen-bond acceptors (Lipinski definition) is 2. The van der Waals surface area contributed by atoms with Crippen LogP contribution in [0.25, 0.3) is 0 Å². The molecule has 2 rings (SSSR count). The maximum atomic E-state index is 12.9. The van der Waals surface area contributed by atoms with Gasteiger partial charge in [-0.05, 0) is 63.8 Å². The highest BCUT2D eigenvalue weighted by Crippen LogP contribution is 2.37. The maximum Gasteiger partial charge on any atom is 0.416 e. The Labute approximate surface area is 134 Å².